The van der Waals surface area contributed by atoms with Crippen LogP contribution in [0.2, 0.25) is 0 Å². The maximum Gasteiger partial charge on any atom is 0.435 e. The Kier molecular flexibility index (Phi) is 4.57. The molecule has 6 nitrogen and oxygen atoms in total. The topological polar surface area (TPSA) is 80.7 Å². The zero-order valence-electron chi connectivity index (χ0n) is 12.8. The quantitative estimate of drug-likeness (QED) is 0.722. The molecule has 1 amide bonds. The van der Waals surface area contributed by atoms with Crippen molar-refractivity contribution in [2.45, 2.75) is 6.18 Å². The lowest BCUT2D eigenvalue weighted by Gasteiger charge is -2.14. The molecule has 0 radical (unpaired) electrons. The summed E-state index contributed by atoms with van der Waals surface area (Å²) in [6.45, 7) is 0. The fourth-order valence-corrected chi connectivity index (χ4v) is 2.10. The van der Waals surface area contributed by atoms with Gasteiger partial charge < -0.3 is 5.32 Å². The van der Waals surface area contributed by atoms with E-state index in [1.165, 1.54) is 18.6 Å². The van der Waals surface area contributed by atoms with Crippen molar-refractivity contribution in [2.24, 2.45) is 0 Å². The maximum absolute atomic E-state index is 13.3. The van der Waals surface area contributed by atoms with Gasteiger partial charge in [-0.05, 0) is 18.2 Å². The number of pyridine rings is 2. The van der Waals surface area contributed by atoms with Gasteiger partial charge in [-0.2, -0.15) is 13.2 Å². The predicted molar refractivity (Wildman–Crippen MR) is 82.4 cm³/mol. The van der Waals surface area contributed by atoms with Crippen LogP contribution in [0.4, 0.5) is 23.2 Å². The minimum atomic E-state index is -4.84. The van der Waals surface area contributed by atoms with Crippen LogP contribution in [-0.2, 0) is 6.18 Å². The number of alkyl halides is 3. The lowest BCUT2D eigenvalue weighted by atomic mass is 10.1. The van der Waals surface area contributed by atoms with Crippen LogP contribution in [-0.4, -0.2) is 25.8 Å². The number of amides is 1. The van der Waals surface area contributed by atoms with Crippen LogP contribution in [0.1, 0.15) is 16.1 Å². The first kappa shape index (κ1) is 17.4. The summed E-state index contributed by atoms with van der Waals surface area (Å²) in [7, 11) is 0. The van der Waals surface area contributed by atoms with Crippen LogP contribution < -0.4 is 5.32 Å². The molecule has 10 heteroatoms. The van der Waals surface area contributed by atoms with Crippen LogP contribution in [0, 0.1) is 5.82 Å². The number of nitrogens with one attached hydrogen (secondary N) is 1. The number of aromatic nitrogens is 4. The van der Waals surface area contributed by atoms with Crippen LogP contribution in [0.25, 0.3) is 11.3 Å². The summed E-state index contributed by atoms with van der Waals surface area (Å²) in [5.41, 5.74) is -1.93. The van der Waals surface area contributed by atoms with E-state index >= 15 is 0 Å². The Morgan fingerprint density at radius 2 is 1.73 bits per heavy atom. The number of hydrogen-bond donors (Lipinski definition) is 1. The van der Waals surface area contributed by atoms with Gasteiger partial charge in [-0.25, -0.2) is 19.3 Å². The third kappa shape index (κ3) is 3.79. The van der Waals surface area contributed by atoms with E-state index in [0.717, 1.165) is 30.7 Å². The highest BCUT2D eigenvalue weighted by Crippen LogP contribution is 2.35. The molecule has 0 fully saturated rings. The van der Waals surface area contributed by atoms with Crippen molar-refractivity contribution in [2.75, 3.05) is 5.32 Å². The first-order valence-corrected chi connectivity index (χ1v) is 7.10. The molecule has 0 aliphatic rings. The Hall–Kier alpha value is -3.43. The van der Waals surface area contributed by atoms with Crippen molar-refractivity contribution >= 4 is 11.6 Å². The molecule has 0 aromatic carbocycles. The maximum atomic E-state index is 13.3. The van der Waals surface area contributed by atoms with E-state index in [4.69, 9.17) is 0 Å². The number of rotatable bonds is 3. The molecule has 132 valence electrons. The van der Waals surface area contributed by atoms with Gasteiger partial charge in [0.05, 0.1) is 23.1 Å². The molecule has 0 aliphatic heterocycles. The van der Waals surface area contributed by atoms with E-state index in [2.05, 4.69) is 25.3 Å². The number of nitrogens with zero attached hydrogens (tertiary/aromatic N) is 4. The van der Waals surface area contributed by atoms with Crippen LogP contribution in [0.3, 0.4) is 0 Å². The highest BCUT2D eigenvalue weighted by molar-refractivity contribution is 6.04. The lowest BCUT2D eigenvalue weighted by Crippen LogP contribution is -2.18. The van der Waals surface area contributed by atoms with Crippen molar-refractivity contribution < 1.29 is 22.4 Å². The van der Waals surface area contributed by atoms with E-state index in [0.29, 0.717) is 0 Å². The molecule has 0 atom stereocenters. The van der Waals surface area contributed by atoms with E-state index in [1.54, 1.807) is 0 Å². The van der Waals surface area contributed by atoms with Crippen molar-refractivity contribution in [1.82, 2.24) is 19.9 Å². The Labute approximate surface area is 144 Å². The molecule has 0 unspecified atom stereocenters. The summed E-state index contributed by atoms with van der Waals surface area (Å²) in [4.78, 5) is 26.4. The van der Waals surface area contributed by atoms with Crippen molar-refractivity contribution in [3.05, 3.63) is 66.4 Å². The monoisotopic (exact) mass is 363 g/mol. The van der Waals surface area contributed by atoms with Crippen molar-refractivity contribution in [1.29, 1.82) is 0 Å². The molecule has 0 spiro atoms. The van der Waals surface area contributed by atoms with Gasteiger partial charge in [-0.1, -0.05) is 0 Å². The number of anilines is 1. The van der Waals surface area contributed by atoms with Gasteiger partial charge in [0.1, 0.15) is 12.1 Å². The van der Waals surface area contributed by atoms with Gasteiger partial charge in [0.25, 0.3) is 5.91 Å². The molecule has 3 aromatic rings. The number of carbonyl (C=O) groups is 1. The standard InChI is InChI=1S/C16H9F4N5O/c17-11-3-9(4-21-7-11)12-1-2-13(14(24-12)16(18,19)20)25-15(26)10-5-22-8-23-6-10/h1-8H,(H,25,26). The number of halogens is 4. The molecule has 0 saturated heterocycles. The first-order valence-electron chi connectivity index (χ1n) is 7.10. The van der Waals surface area contributed by atoms with Crippen LogP contribution in [0.5, 0.6) is 0 Å². The zero-order chi connectivity index (χ0) is 18.7. The van der Waals surface area contributed by atoms with Gasteiger partial charge in [-0.15, -0.1) is 0 Å². The SMILES string of the molecule is O=C(Nc1ccc(-c2cncc(F)c2)nc1C(F)(F)F)c1cncnc1. The van der Waals surface area contributed by atoms with E-state index in [-0.39, 0.29) is 16.8 Å². The Morgan fingerprint density at radius 1 is 1.00 bits per heavy atom. The van der Waals surface area contributed by atoms with Gasteiger partial charge in [0.2, 0.25) is 0 Å². The van der Waals surface area contributed by atoms with Gasteiger partial charge in [0.15, 0.2) is 5.69 Å². The highest BCUT2D eigenvalue weighted by atomic mass is 19.4. The second-order valence-electron chi connectivity index (χ2n) is 5.06. The molecular formula is C16H9F4N5O. The van der Waals surface area contributed by atoms with E-state index < -0.39 is 29.3 Å². The molecule has 1 N–H and O–H groups in total. The minimum Gasteiger partial charge on any atom is -0.320 e. The lowest BCUT2D eigenvalue weighted by molar-refractivity contribution is -0.140. The fraction of sp³-hybridized carbons (Fsp3) is 0.0625. The molecule has 3 rings (SSSR count). The second kappa shape index (κ2) is 6.82. The molecule has 0 saturated carbocycles. The summed E-state index contributed by atoms with van der Waals surface area (Å²) in [6.07, 6.45) is 0.773. The average molecular weight is 363 g/mol. The molecule has 0 bridgehead atoms. The second-order valence-corrected chi connectivity index (χ2v) is 5.06. The summed E-state index contributed by atoms with van der Waals surface area (Å²) >= 11 is 0. The van der Waals surface area contributed by atoms with Gasteiger partial charge >= 0.3 is 6.18 Å². The van der Waals surface area contributed by atoms with Crippen molar-refractivity contribution in [3.8, 4) is 11.3 Å². The number of carbonyl (C=O) groups excluding carboxylic acids is 1. The van der Waals surface area contributed by atoms with Gasteiger partial charge in [-0.3, -0.25) is 9.78 Å². The van der Waals surface area contributed by atoms with E-state index in [9.17, 15) is 22.4 Å². The fourth-order valence-electron chi connectivity index (χ4n) is 2.10. The van der Waals surface area contributed by atoms with Crippen LogP contribution >= 0.6 is 0 Å². The third-order valence-corrected chi connectivity index (χ3v) is 3.24. The largest absolute Gasteiger partial charge is 0.435 e. The Morgan fingerprint density at radius 3 is 2.38 bits per heavy atom. The predicted octanol–water partition coefficient (Wildman–Crippen LogP) is 3.34. The Balaban J connectivity index is 1.99. The minimum absolute atomic E-state index is 0.0148. The summed E-state index contributed by atoms with van der Waals surface area (Å²) in [5.74, 6) is -1.53. The summed E-state index contributed by atoms with van der Waals surface area (Å²) < 4.78 is 53.3. The van der Waals surface area contributed by atoms with E-state index in [1.807, 2.05) is 0 Å². The summed E-state index contributed by atoms with van der Waals surface area (Å²) in [6, 6.07) is 3.27. The molecule has 26 heavy (non-hydrogen) atoms. The zero-order valence-corrected chi connectivity index (χ0v) is 12.8. The highest BCUT2D eigenvalue weighted by Gasteiger charge is 2.36. The molecule has 3 aromatic heterocycles. The average Bonchev–Trinajstić information content (AvgIpc) is 2.62. The molecular weight excluding hydrogens is 354 g/mol. The van der Waals surface area contributed by atoms with Gasteiger partial charge in [0, 0.05) is 24.2 Å². The smallest absolute Gasteiger partial charge is 0.320 e. The molecule has 3 heterocycles. The number of hydrogen-bond acceptors (Lipinski definition) is 5. The van der Waals surface area contributed by atoms with Crippen LogP contribution in [0.15, 0.2) is 49.3 Å². The van der Waals surface area contributed by atoms with Crippen molar-refractivity contribution in [3.63, 3.8) is 0 Å². The molecule has 0 aliphatic carbocycles. The first-order chi connectivity index (χ1) is 12.3. The summed E-state index contributed by atoms with van der Waals surface area (Å²) in [5, 5.41) is 2.13. The normalized spacial score (nSPS) is 11.2. The third-order valence-electron chi connectivity index (χ3n) is 3.24. The Bertz CT molecular complexity index is 947.